The highest BCUT2D eigenvalue weighted by molar-refractivity contribution is 9.10. The van der Waals surface area contributed by atoms with Gasteiger partial charge in [0.15, 0.2) is 5.82 Å². The molecule has 0 saturated carbocycles. The molecule has 0 fully saturated rings. The van der Waals surface area contributed by atoms with Crippen LogP contribution in [0.15, 0.2) is 29.1 Å². The molecule has 7 heteroatoms. The first-order chi connectivity index (χ1) is 9.99. The Bertz CT molecular complexity index is 642. The highest BCUT2D eigenvalue weighted by atomic mass is 79.9. The van der Waals surface area contributed by atoms with E-state index in [9.17, 15) is 4.79 Å². The van der Waals surface area contributed by atoms with Crippen molar-refractivity contribution in [2.24, 2.45) is 0 Å². The third kappa shape index (κ3) is 3.98. The van der Waals surface area contributed by atoms with E-state index in [-0.39, 0.29) is 11.8 Å². The van der Waals surface area contributed by atoms with E-state index in [1.165, 1.54) is 12.4 Å². The highest BCUT2D eigenvalue weighted by Crippen LogP contribution is 2.18. The molecule has 1 amide bonds. The molecule has 0 radical (unpaired) electrons. The number of rotatable bonds is 4. The fourth-order valence-corrected chi connectivity index (χ4v) is 1.88. The van der Waals surface area contributed by atoms with Crippen molar-refractivity contribution in [1.29, 1.82) is 0 Å². The summed E-state index contributed by atoms with van der Waals surface area (Å²) in [6.45, 7) is 4.06. The van der Waals surface area contributed by atoms with Crippen LogP contribution in [0, 0.1) is 0 Å². The zero-order valence-corrected chi connectivity index (χ0v) is 13.6. The molecular weight excluding hydrogens is 334 g/mol. The van der Waals surface area contributed by atoms with Gasteiger partial charge >= 0.3 is 0 Å². The van der Waals surface area contributed by atoms with Crippen molar-refractivity contribution in [3.8, 4) is 0 Å². The second kappa shape index (κ2) is 6.62. The van der Waals surface area contributed by atoms with Gasteiger partial charge in [0, 0.05) is 18.3 Å². The van der Waals surface area contributed by atoms with E-state index in [0.717, 1.165) is 5.69 Å². The predicted molar refractivity (Wildman–Crippen MR) is 85.6 cm³/mol. The van der Waals surface area contributed by atoms with Crippen LogP contribution in [0.5, 0.6) is 0 Å². The molecule has 21 heavy (non-hydrogen) atoms. The van der Waals surface area contributed by atoms with E-state index in [1.807, 2.05) is 13.8 Å². The van der Waals surface area contributed by atoms with Crippen LogP contribution in [0.2, 0.25) is 0 Å². The second-order valence-corrected chi connectivity index (χ2v) is 5.56. The fraction of sp³-hybridized carbons (Fsp3) is 0.286. The van der Waals surface area contributed by atoms with E-state index in [4.69, 9.17) is 0 Å². The van der Waals surface area contributed by atoms with E-state index >= 15 is 0 Å². The monoisotopic (exact) mass is 349 g/mol. The van der Waals surface area contributed by atoms with Crippen LogP contribution >= 0.6 is 15.9 Å². The summed E-state index contributed by atoms with van der Waals surface area (Å²) in [4.78, 5) is 24.8. The van der Waals surface area contributed by atoms with Crippen molar-refractivity contribution >= 4 is 33.5 Å². The quantitative estimate of drug-likeness (QED) is 0.886. The fourth-order valence-electron chi connectivity index (χ4n) is 1.67. The third-order valence-electron chi connectivity index (χ3n) is 2.82. The lowest BCUT2D eigenvalue weighted by Crippen LogP contribution is -2.14. The molecule has 2 N–H and O–H groups in total. The number of anilines is 2. The summed E-state index contributed by atoms with van der Waals surface area (Å²) in [5.74, 6) is 1.05. The SMILES string of the molecule is CNc1cc(C(=O)Nc2cnc(Br)cn2)cc(C(C)C)n1. The van der Waals surface area contributed by atoms with Crippen molar-refractivity contribution in [2.45, 2.75) is 19.8 Å². The third-order valence-corrected chi connectivity index (χ3v) is 3.23. The Morgan fingerprint density at radius 2 is 1.95 bits per heavy atom. The maximum absolute atomic E-state index is 12.3. The number of nitrogens with zero attached hydrogens (tertiary/aromatic N) is 3. The lowest BCUT2D eigenvalue weighted by Gasteiger charge is -2.11. The number of amides is 1. The van der Waals surface area contributed by atoms with Crippen LogP contribution in [0.3, 0.4) is 0 Å². The minimum absolute atomic E-state index is 0.234. The Kier molecular flexibility index (Phi) is 4.85. The van der Waals surface area contributed by atoms with Gasteiger partial charge in [0.25, 0.3) is 5.91 Å². The standard InChI is InChI=1S/C14H16BrN5O/c1-8(2)10-4-9(5-12(16-3)19-10)14(21)20-13-7-17-11(15)6-18-13/h4-8H,1-3H3,(H,16,19)(H,18,20,21). The molecule has 0 aromatic carbocycles. The van der Waals surface area contributed by atoms with Gasteiger partial charge in [0.2, 0.25) is 0 Å². The summed E-state index contributed by atoms with van der Waals surface area (Å²) in [6, 6.07) is 3.49. The number of hydrogen-bond donors (Lipinski definition) is 2. The van der Waals surface area contributed by atoms with Crippen molar-refractivity contribution in [3.05, 3.63) is 40.4 Å². The van der Waals surface area contributed by atoms with Gasteiger partial charge in [0.05, 0.1) is 12.4 Å². The summed E-state index contributed by atoms with van der Waals surface area (Å²) in [6.07, 6.45) is 3.02. The topological polar surface area (TPSA) is 79.8 Å². The molecule has 2 rings (SSSR count). The van der Waals surface area contributed by atoms with Crippen molar-refractivity contribution in [2.75, 3.05) is 17.7 Å². The molecule has 0 spiro atoms. The molecule has 0 bridgehead atoms. The van der Waals surface area contributed by atoms with Crippen LogP contribution in [-0.4, -0.2) is 27.9 Å². The first-order valence-electron chi connectivity index (χ1n) is 6.48. The van der Waals surface area contributed by atoms with Crippen LogP contribution in [0.1, 0.15) is 35.8 Å². The van der Waals surface area contributed by atoms with Gasteiger partial charge in [0.1, 0.15) is 10.4 Å². The largest absolute Gasteiger partial charge is 0.373 e. The van der Waals surface area contributed by atoms with Crippen LogP contribution in [0.25, 0.3) is 0 Å². The van der Waals surface area contributed by atoms with Gasteiger partial charge in [-0.15, -0.1) is 0 Å². The van der Waals surface area contributed by atoms with E-state index < -0.39 is 0 Å². The first kappa shape index (κ1) is 15.4. The molecular formula is C14H16BrN5O. The summed E-state index contributed by atoms with van der Waals surface area (Å²) in [7, 11) is 1.77. The molecule has 0 aliphatic carbocycles. The number of aromatic nitrogens is 3. The summed E-state index contributed by atoms with van der Waals surface area (Å²) >= 11 is 3.20. The first-order valence-corrected chi connectivity index (χ1v) is 7.27. The Morgan fingerprint density at radius 3 is 2.52 bits per heavy atom. The minimum atomic E-state index is -0.243. The molecule has 0 saturated heterocycles. The summed E-state index contributed by atoms with van der Waals surface area (Å²) in [5, 5.41) is 5.68. The highest BCUT2D eigenvalue weighted by Gasteiger charge is 2.12. The number of hydrogen-bond acceptors (Lipinski definition) is 5. The zero-order chi connectivity index (χ0) is 15.4. The van der Waals surface area contributed by atoms with Crippen LogP contribution in [0.4, 0.5) is 11.6 Å². The molecule has 0 atom stereocenters. The molecule has 2 aromatic rings. The minimum Gasteiger partial charge on any atom is -0.373 e. The van der Waals surface area contributed by atoms with Crippen LogP contribution in [-0.2, 0) is 0 Å². The van der Waals surface area contributed by atoms with Crippen molar-refractivity contribution < 1.29 is 4.79 Å². The van der Waals surface area contributed by atoms with E-state index in [1.54, 1.807) is 19.2 Å². The van der Waals surface area contributed by atoms with Gasteiger partial charge in [-0.1, -0.05) is 13.8 Å². The van der Waals surface area contributed by atoms with Gasteiger partial charge in [-0.05, 0) is 34.0 Å². The Balaban J connectivity index is 2.25. The number of halogens is 1. The smallest absolute Gasteiger partial charge is 0.257 e. The summed E-state index contributed by atoms with van der Waals surface area (Å²) < 4.78 is 0.615. The molecule has 6 nitrogen and oxygen atoms in total. The van der Waals surface area contributed by atoms with E-state index in [2.05, 4.69) is 41.5 Å². The molecule has 0 aliphatic rings. The second-order valence-electron chi connectivity index (χ2n) is 4.75. The van der Waals surface area contributed by atoms with E-state index in [0.29, 0.717) is 21.8 Å². The molecule has 2 heterocycles. The Hall–Kier alpha value is -2.02. The molecule has 110 valence electrons. The molecule has 0 unspecified atom stereocenters. The number of pyridine rings is 1. The normalized spacial score (nSPS) is 10.5. The van der Waals surface area contributed by atoms with Crippen molar-refractivity contribution in [3.63, 3.8) is 0 Å². The number of carbonyl (C=O) groups is 1. The number of nitrogens with one attached hydrogen (secondary N) is 2. The zero-order valence-electron chi connectivity index (χ0n) is 12.0. The van der Waals surface area contributed by atoms with Crippen molar-refractivity contribution in [1.82, 2.24) is 15.0 Å². The molecule has 0 aliphatic heterocycles. The average Bonchev–Trinajstić information content (AvgIpc) is 2.49. The maximum Gasteiger partial charge on any atom is 0.257 e. The molecule has 2 aromatic heterocycles. The summed E-state index contributed by atoms with van der Waals surface area (Å²) in [5.41, 5.74) is 1.39. The van der Waals surface area contributed by atoms with Gasteiger partial charge < -0.3 is 10.6 Å². The lowest BCUT2D eigenvalue weighted by atomic mass is 10.1. The predicted octanol–water partition coefficient (Wildman–Crippen LogP) is 3.05. The lowest BCUT2D eigenvalue weighted by molar-refractivity contribution is 0.102. The van der Waals surface area contributed by atoms with Gasteiger partial charge in [-0.25, -0.2) is 15.0 Å². The van der Waals surface area contributed by atoms with Crippen LogP contribution < -0.4 is 10.6 Å². The Labute approximate surface area is 131 Å². The Morgan fingerprint density at radius 1 is 1.19 bits per heavy atom. The average molecular weight is 350 g/mol. The van der Waals surface area contributed by atoms with Gasteiger partial charge in [-0.3, -0.25) is 4.79 Å². The van der Waals surface area contributed by atoms with Gasteiger partial charge in [-0.2, -0.15) is 0 Å². The number of carbonyl (C=O) groups excluding carboxylic acids is 1. The maximum atomic E-state index is 12.3.